The van der Waals surface area contributed by atoms with Gasteiger partial charge in [0.2, 0.25) is 5.75 Å². The van der Waals surface area contributed by atoms with Gasteiger partial charge in [0.05, 0.1) is 0 Å². The van der Waals surface area contributed by atoms with Gasteiger partial charge in [-0.05, 0) is 5.82 Å². The zero-order chi connectivity index (χ0) is 12.6. The normalized spacial score (nSPS) is 13.0. The molecule has 0 fully saturated rings. The van der Waals surface area contributed by atoms with Crippen LogP contribution >= 0.6 is 0 Å². The van der Waals surface area contributed by atoms with E-state index >= 15 is 0 Å². The van der Waals surface area contributed by atoms with Crippen LogP contribution in [0.3, 0.4) is 0 Å². The predicted molar refractivity (Wildman–Crippen MR) is 60.8 cm³/mol. The SMILES string of the molecule is CN(C)C(=O)c1nc2n(c(=O)c1O)CCC[CH-]2.[Y]. The van der Waals surface area contributed by atoms with Crippen LogP contribution in [0, 0.1) is 6.42 Å². The molecule has 2 heterocycles. The van der Waals surface area contributed by atoms with Crippen LogP contribution in [0.25, 0.3) is 0 Å². The molecule has 0 bridgehead atoms. The molecule has 1 aliphatic heterocycles. The summed E-state index contributed by atoms with van der Waals surface area (Å²) in [4.78, 5) is 28.9. The number of hydrogen-bond donors (Lipinski definition) is 1. The van der Waals surface area contributed by atoms with Crippen LogP contribution in [0.1, 0.15) is 29.2 Å². The Labute approximate surface area is 130 Å². The van der Waals surface area contributed by atoms with E-state index < -0.39 is 17.2 Å². The van der Waals surface area contributed by atoms with Crippen molar-refractivity contribution in [3.63, 3.8) is 0 Å². The van der Waals surface area contributed by atoms with E-state index in [-0.39, 0.29) is 38.4 Å². The van der Waals surface area contributed by atoms with Crippen molar-refractivity contribution >= 4 is 5.91 Å². The molecule has 6 nitrogen and oxygen atoms in total. The molecule has 0 aromatic carbocycles. The second kappa shape index (κ2) is 5.84. The van der Waals surface area contributed by atoms with E-state index in [0.29, 0.717) is 12.4 Å². The third-order valence-electron chi connectivity index (χ3n) is 2.70. The van der Waals surface area contributed by atoms with E-state index in [4.69, 9.17) is 0 Å². The maximum atomic E-state index is 11.8. The average molecular weight is 325 g/mol. The molecule has 0 aliphatic carbocycles. The van der Waals surface area contributed by atoms with E-state index in [9.17, 15) is 14.7 Å². The van der Waals surface area contributed by atoms with Crippen molar-refractivity contribution in [1.29, 1.82) is 0 Å². The molecule has 1 radical (unpaired) electrons. The fraction of sp³-hybridized carbons (Fsp3) is 0.455. The Balaban J connectivity index is 0.00000162. The molecule has 95 valence electrons. The van der Waals surface area contributed by atoms with Gasteiger partial charge in [0.1, 0.15) is 0 Å². The van der Waals surface area contributed by atoms with Crippen LogP contribution in [0.2, 0.25) is 0 Å². The van der Waals surface area contributed by atoms with Gasteiger partial charge in [-0.1, -0.05) is 6.42 Å². The number of hydrogen-bond acceptors (Lipinski definition) is 4. The fourth-order valence-corrected chi connectivity index (χ4v) is 1.77. The summed E-state index contributed by atoms with van der Waals surface area (Å²) in [5.41, 5.74) is -0.722. The maximum absolute atomic E-state index is 11.8. The Hall–Kier alpha value is -0.876. The number of aromatic nitrogens is 2. The number of nitrogens with zero attached hydrogens (tertiary/aromatic N) is 3. The summed E-state index contributed by atoms with van der Waals surface area (Å²) >= 11 is 0. The summed E-state index contributed by atoms with van der Waals surface area (Å²) in [5, 5.41) is 9.72. The first-order valence-corrected chi connectivity index (χ1v) is 5.41. The van der Waals surface area contributed by atoms with Crippen LogP contribution in [-0.4, -0.2) is 39.6 Å². The largest absolute Gasteiger partial charge is 0.501 e. The number of carbonyl (C=O) groups excluding carboxylic acids is 1. The Morgan fingerprint density at radius 1 is 1.50 bits per heavy atom. The summed E-state index contributed by atoms with van der Waals surface area (Å²) in [6, 6.07) is 0. The standard InChI is InChI=1S/C11H14N3O3.Y/c1-13(2)10(16)8-9(15)11(17)14-6-4-3-5-7(14)12-8;/h5,15H,3-4,6H2,1-2H3;/q-1;. The molecule has 7 heteroatoms. The van der Waals surface area contributed by atoms with Crippen molar-refractivity contribution < 1.29 is 42.6 Å². The van der Waals surface area contributed by atoms with E-state index in [1.165, 1.54) is 9.47 Å². The van der Waals surface area contributed by atoms with E-state index in [1.807, 2.05) is 0 Å². The van der Waals surface area contributed by atoms with Crippen LogP contribution < -0.4 is 5.56 Å². The maximum Gasteiger partial charge on any atom is 0.294 e. The minimum Gasteiger partial charge on any atom is -0.501 e. The molecule has 1 N–H and O–H groups in total. The predicted octanol–water partition coefficient (Wildman–Crippen LogP) is -0.00561. The number of amides is 1. The molecule has 2 rings (SSSR count). The minimum absolute atomic E-state index is 0. The van der Waals surface area contributed by atoms with E-state index in [0.717, 1.165) is 12.8 Å². The van der Waals surface area contributed by atoms with Crippen molar-refractivity contribution in [2.45, 2.75) is 19.4 Å². The number of fused-ring (bicyclic) bond motifs is 1. The summed E-state index contributed by atoms with van der Waals surface area (Å²) in [6.45, 7) is 0.529. The second-order valence-electron chi connectivity index (χ2n) is 4.17. The van der Waals surface area contributed by atoms with Crippen molar-refractivity contribution in [3.8, 4) is 5.75 Å². The first kappa shape index (κ1) is 15.2. The molecule has 1 aliphatic rings. The van der Waals surface area contributed by atoms with Gasteiger partial charge < -0.3 is 21.0 Å². The van der Waals surface area contributed by atoms with E-state index in [1.54, 1.807) is 20.5 Å². The molecular weight excluding hydrogens is 311 g/mol. The second-order valence-corrected chi connectivity index (χ2v) is 4.17. The van der Waals surface area contributed by atoms with Gasteiger partial charge in [-0.25, -0.2) is 0 Å². The third kappa shape index (κ3) is 2.59. The molecule has 1 aromatic rings. The molecule has 1 aromatic heterocycles. The van der Waals surface area contributed by atoms with Crippen LogP contribution in [0.15, 0.2) is 4.79 Å². The number of rotatable bonds is 1. The number of carbonyl (C=O) groups is 1. The Bertz CT molecular complexity index is 525. The monoisotopic (exact) mass is 325 g/mol. The Morgan fingerprint density at radius 2 is 2.17 bits per heavy atom. The van der Waals surface area contributed by atoms with Crippen LogP contribution in [0.5, 0.6) is 5.75 Å². The number of aromatic hydroxyl groups is 1. The van der Waals surface area contributed by atoms with Gasteiger partial charge in [-0.2, -0.15) is 6.42 Å². The molecular formula is C11H14N3O3Y-. The van der Waals surface area contributed by atoms with Gasteiger partial charge in [0, 0.05) is 53.3 Å². The smallest absolute Gasteiger partial charge is 0.294 e. The fourth-order valence-electron chi connectivity index (χ4n) is 1.77. The van der Waals surface area contributed by atoms with Gasteiger partial charge in [0.15, 0.2) is 5.69 Å². The van der Waals surface area contributed by atoms with Crippen molar-refractivity contribution in [1.82, 2.24) is 14.5 Å². The summed E-state index contributed by atoms with van der Waals surface area (Å²) in [7, 11) is 3.09. The van der Waals surface area contributed by atoms with Crippen molar-refractivity contribution in [3.05, 3.63) is 28.3 Å². The Kier molecular flexibility index (Phi) is 4.93. The average Bonchev–Trinajstić information content (AvgIpc) is 2.33. The molecule has 0 unspecified atom stereocenters. The summed E-state index contributed by atoms with van der Waals surface area (Å²) in [6.07, 6.45) is 3.47. The zero-order valence-electron chi connectivity index (χ0n) is 10.4. The molecule has 0 spiro atoms. The molecule has 0 atom stereocenters. The Morgan fingerprint density at radius 3 is 2.78 bits per heavy atom. The van der Waals surface area contributed by atoms with E-state index in [2.05, 4.69) is 4.98 Å². The molecule has 0 saturated heterocycles. The van der Waals surface area contributed by atoms with Crippen molar-refractivity contribution in [2.75, 3.05) is 14.1 Å². The van der Waals surface area contributed by atoms with Gasteiger partial charge in [-0.15, -0.1) is 0 Å². The zero-order valence-corrected chi connectivity index (χ0v) is 13.2. The first-order valence-electron chi connectivity index (χ1n) is 5.41. The van der Waals surface area contributed by atoms with Gasteiger partial charge >= 0.3 is 0 Å². The third-order valence-corrected chi connectivity index (χ3v) is 2.70. The summed E-state index contributed by atoms with van der Waals surface area (Å²) < 4.78 is 1.39. The molecule has 0 saturated carbocycles. The molecule has 1 amide bonds. The van der Waals surface area contributed by atoms with Gasteiger partial charge in [-0.3, -0.25) is 14.6 Å². The minimum atomic E-state index is -0.567. The van der Waals surface area contributed by atoms with Crippen LogP contribution in [-0.2, 0) is 39.3 Å². The molecule has 18 heavy (non-hydrogen) atoms. The topological polar surface area (TPSA) is 75.4 Å². The van der Waals surface area contributed by atoms with Crippen molar-refractivity contribution in [2.24, 2.45) is 0 Å². The van der Waals surface area contributed by atoms with Gasteiger partial charge in [0.25, 0.3) is 11.5 Å². The van der Waals surface area contributed by atoms with Crippen LogP contribution in [0.4, 0.5) is 0 Å². The first-order chi connectivity index (χ1) is 8.02. The quantitative estimate of drug-likeness (QED) is 0.737. The summed E-state index contributed by atoms with van der Waals surface area (Å²) in [5.74, 6) is -0.575.